The molecule has 0 aliphatic rings. The van der Waals surface area contributed by atoms with Crippen LogP contribution < -0.4 is 4.74 Å². The Morgan fingerprint density at radius 3 is 2.37 bits per heavy atom. The molecule has 100 valence electrons. The third kappa shape index (κ3) is 3.75. The minimum atomic E-state index is -3.03. The minimum Gasteiger partial charge on any atom is -0.481 e. The van der Waals surface area contributed by atoms with Gasteiger partial charge in [0.1, 0.15) is 0 Å². The number of aromatic nitrogens is 2. The van der Waals surface area contributed by atoms with Crippen LogP contribution in [0.2, 0.25) is 0 Å². The highest BCUT2D eigenvalue weighted by atomic mass is 32.2. The lowest BCUT2D eigenvalue weighted by atomic mass is 10.2. The number of sulfone groups is 1. The minimum absolute atomic E-state index is 0.00113. The number of hydrogen-bond donors (Lipinski definition) is 0. The van der Waals surface area contributed by atoms with Gasteiger partial charge >= 0.3 is 0 Å². The summed E-state index contributed by atoms with van der Waals surface area (Å²) in [5.41, 5.74) is 2.27. The Labute approximate surface area is 112 Å². The van der Waals surface area contributed by atoms with Crippen LogP contribution in [0.1, 0.15) is 5.56 Å². The molecule has 0 radical (unpaired) electrons. The number of methoxy groups -OCH3 is 1. The molecule has 0 aliphatic heterocycles. The van der Waals surface area contributed by atoms with Crippen LogP contribution in [0, 0.1) is 0 Å². The van der Waals surface area contributed by atoms with Gasteiger partial charge in [0.25, 0.3) is 0 Å². The average Bonchev–Trinajstić information content (AvgIpc) is 2.38. The second-order valence-corrected chi connectivity index (χ2v) is 6.35. The Hall–Kier alpha value is -1.95. The number of rotatable bonds is 4. The summed E-state index contributed by atoms with van der Waals surface area (Å²) >= 11 is 0. The van der Waals surface area contributed by atoms with Gasteiger partial charge in [-0.3, -0.25) is 4.98 Å². The third-order valence-corrected chi connectivity index (χ3v) is 3.35. The summed E-state index contributed by atoms with van der Waals surface area (Å²) in [5.74, 6) is 0.540. The molecule has 0 N–H and O–H groups in total. The second kappa shape index (κ2) is 5.36. The van der Waals surface area contributed by atoms with Gasteiger partial charge in [-0.2, -0.15) is 0 Å². The van der Waals surface area contributed by atoms with Gasteiger partial charge in [-0.25, -0.2) is 13.4 Å². The zero-order valence-electron chi connectivity index (χ0n) is 10.7. The van der Waals surface area contributed by atoms with Crippen LogP contribution in [0.4, 0.5) is 0 Å². The first-order chi connectivity index (χ1) is 8.98. The zero-order valence-corrected chi connectivity index (χ0v) is 11.5. The SMILES string of the molecule is COc1ccc(-c2ccc(CS(C)(=O)=O)cn2)cn1. The summed E-state index contributed by atoms with van der Waals surface area (Å²) in [4.78, 5) is 8.34. The van der Waals surface area contributed by atoms with Crippen molar-refractivity contribution in [2.75, 3.05) is 13.4 Å². The zero-order chi connectivity index (χ0) is 13.9. The molecule has 0 aromatic carbocycles. The molecule has 2 rings (SSSR count). The predicted octanol–water partition coefficient (Wildman–Crippen LogP) is 1.70. The smallest absolute Gasteiger partial charge is 0.212 e. The van der Waals surface area contributed by atoms with Crippen molar-refractivity contribution in [2.45, 2.75) is 5.75 Å². The van der Waals surface area contributed by atoms with Crippen molar-refractivity contribution in [1.29, 1.82) is 0 Å². The molecule has 0 saturated heterocycles. The molecule has 0 aliphatic carbocycles. The van der Waals surface area contributed by atoms with Crippen molar-refractivity contribution in [3.63, 3.8) is 0 Å². The number of nitrogens with zero attached hydrogens (tertiary/aromatic N) is 2. The van der Waals surface area contributed by atoms with E-state index in [1.54, 1.807) is 37.7 Å². The van der Waals surface area contributed by atoms with Crippen molar-refractivity contribution in [3.8, 4) is 17.1 Å². The third-order valence-electron chi connectivity index (χ3n) is 2.49. The fraction of sp³-hybridized carbons (Fsp3) is 0.231. The Morgan fingerprint density at radius 1 is 1.11 bits per heavy atom. The van der Waals surface area contributed by atoms with E-state index in [0.717, 1.165) is 11.3 Å². The first-order valence-corrected chi connectivity index (χ1v) is 7.67. The van der Waals surface area contributed by atoms with E-state index in [0.29, 0.717) is 11.4 Å². The molecule has 2 heterocycles. The van der Waals surface area contributed by atoms with Crippen molar-refractivity contribution in [3.05, 3.63) is 42.2 Å². The summed E-state index contributed by atoms with van der Waals surface area (Å²) in [6, 6.07) is 7.14. The standard InChI is InChI=1S/C13H14N2O3S/c1-18-13-6-4-11(8-15-13)12-5-3-10(7-14-12)9-19(2,16)17/h3-8H,9H2,1-2H3. The molecular weight excluding hydrogens is 264 g/mol. The van der Waals surface area contributed by atoms with Gasteiger partial charge in [0.05, 0.1) is 18.6 Å². The maximum absolute atomic E-state index is 11.2. The summed E-state index contributed by atoms with van der Waals surface area (Å²) in [6.07, 6.45) is 4.44. The number of pyridine rings is 2. The first-order valence-electron chi connectivity index (χ1n) is 5.61. The maximum atomic E-state index is 11.2. The maximum Gasteiger partial charge on any atom is 0.212 e. The van der Waals surface area contributed by atoms with E-state index < -0.39 is 9.84 Å². The molecule has 6 heteroatoms. The molecule has 0 spiro atoms. The first kappa shape index (κ1) is 13.5. The fourth-order valence-corrected chi connectivity index (χ4v) is 2.41. The van der Waals surface area contributed by atoms with E-state index in [9.17, 15) is 8.42 Å². The van der Waals surface area contributed by atoms with Gasteiger partial charge in [0.15, 0.2) is 9.84 Å². The van der Waals surface area contributed by atoms with Crippen LogP contribution in [-0.2, 0) is 15.6 Å². The van der Waals surface area contributed by atoms with E-state index in [4.69, 9.17) is 4.74 Å². The van der Waals surface area contributed by atoms with Gasteiger partial charge in [0, 0.05) is 30.3 Å². The number of ether oxygens (including phenoxy) is 1. The highest BCUT2D eigenvalue weighted by Gasteiger charge is 2.06. The highest BCUT2D eigenvalue weighted by Crippen LogP contribution is 2.18. The molecule has 19 heavy (non-hydrogen) atoms. The summed E-state index contributed by atoms with van der Waals surface area (Å²) in [6.45, 7) is 0. The van der Waals surface area contributed by atoms with E-state index in [1.165, 1.54) is 6.26 Å². The van der Waals surface area contributed by atoms with E-state index in [-0.39, 0.29) is 5.75 Å². The van der Waals surface area contributed by atoms with Crippen molar-refractivity contribution < 1.29 is 13.2 Å². The molecule has 0 unspecified atom stereocenters. The van der Waals surface area contributed by atoms with E-state index >= 15 is 0 Å². The van der Waals surface area contributed by atoms with Gasteiger partial charge < -0.3 is 4.74 Å². The molecule has 2 aromatic rings. The van der Waals surface area contributed by atoms with Crippen LogP contribution in [0.15, 0.2) is 36.7 Å². The Balaban J connectivity index is 2.22. The molecule has 0 bridgehead atoms. The average molecular weight is 278 g/mol. The number of hydrogen-bond acceptors (Lipinski definition) is 5. The van der Waals surface area contributed by atoms with Crippen LogP contribution in [0.5, 0.6) is 5.88 Å². The quantitative estimate of drug-likeness (QED) is 0.851. The lowest BCUT2D eigenvalue weighted by Gasteiger charge is -2.04. The summed E-state index contributed by atoms with van der Waals surface area (Å²) in [7, 11) is -1.48. The van der Waals surface area contributed by atoms with Crippen molar-refractivity contribution in [1.82, 2.24) is 9.97 Å². The van der Waals surface area contributed by atoms with Crippen LogP contribution in [-0.4, -0.2) is 31.8 Å². The van der Waals surface area contributed by atoms with Gasteiger partial charge in [-0.05, 0) is 17.7 Å². The Kier molecular flexibility index (Phi) is 3.80. The fourth-order valence-electron chi connectivity index (χ4n) is 1.64. The lowest BCUT2D eigenvalue weighted by molar-refractivity contribution is 0.398. The molecule has 0 fully saturated rings. The van der Waals surface area contributed by atoms with Crippen LogP contribution >= 0.6 is 0 Å². The normalized spacial score (nSPS) is 11.3. The van der Waals surface area contributed by atoms with Gasteiger partial charge in [0.2, 0.25) is 5.88 Å². The molecular formula is C13H14N2O3S. The van der Waals surface area contributed by atoms with Crippen LogP contribution in [0.3, 0.4) is 0 Å². The molecule has 5 nitrogen and oxygen atoms in total. The lowest BCUT2D eigenvalue weighted by Crippen LogP contribution is -2.01. The Bertz CT molecular complexity index is 649. The molecule has 2 aromatic heterocycles. The second-order valence-electron chi connectivity index (χ2n) is 4.21. The summed E-state index contributed by atoms with van der Waals surface area (Å²) in [5, 5.41) is 0. The summed E-state index contributed by atoms with van der Waals surface area (Å²) < 4.78 is 27.3. The molecule has 0 saturated carbocycles. The van der Waals surface area contributed by atoms with Crippen molar-refractivity contribution >= 4 is 9.84 Å². The highest BCUT2D eigenvalue weighted by molar-refractivity contribution is 7.89. The Morgan fingerprint density at radius 2 is 1.89 bits per heavy atom. The molecule has 0 amide bonds. The van der Waals surface area contributed by atoms with Gasteiger partial charge in [-0.1, -0.05) is 6.07 Å². The van der Waals surface area contributed by atoms with Gasteiger partial charge in [-0.15, -0.1) is 0 Å². The monoisotopic (exact) mass is 278 g/mol. The largest absolute Gasteiger partial charge is 0.481 e. The van der Waals surface area contributed by atoms with Crippen molar-refractivity contribution in [2.24, 2.45) is 0 Å². The molecule has 0 atom stereocenters. The topological polar surface area (TPSA) is 69.2 Å². The predicted molar refractivity (Wildman–Crippen MR) is 72.6 cm³/mol. The van der Waals surface area contributed by atoms with E-state index in [1.807, 2.05) is 6.07 Å². The van der Waals surface area contributed by atoms with Crippen LogP contribution in [0.25, 0.3) is 11.3 Å². The van der Waals surface area contributed by atoms with E-state index in [2.05, 4.69) is 9.97 Å².